The van der Waals surface area contributed by atoms with Gasteiger partial charge in [-0.25, -0.2) is 9.37 Å². The van der Waals surface area contributed by atoms with Crippen LogP contribution in [0.3, 0.4) is 0 Å². The van der Waals surface area contributed by atoms with Gasteiger partial charge in [0.05, 0.1) is 18.8 Å². The van der Waals surface area contributed by atoms with Gasteiger partial charge in [0.15, 0.2) is 0 Å². The highest BCUT2D eigenvalue weighted by Gasteiger charge is 2.53. The molecule has 0 unspecified atom stereocenters. The van der Waals surface area contributed by atoms with Crippen LogP contribution in [-0.2, 0) is 9.53 Å². The van der Waals surface area contributed by atoms with Crippen molar-refractivity contribution in [2.75, 3.05) is 26.2 Å². The zero-order valence-corrected chi connectivity index (χ0v) is 20.4. The molecular formula is C28H31FN2O4. The molecule has 5 rings (SSSR count). The summed E-state index contributed by atoms with van der Waals surface area (Å²) in [7, 11) is 0. The minimum atomic E-state index is -0.287. The number of carbonyl (C=O) groups is 1. The standard InChI is InChI=1S/C28H31FN2O4/c1-4-34-24(33)14-31-15-28(16-31)12-21(13-28)35-27-23-11-20(32)9-10-22(23)25(26(30-27)17(2)3)18-5-7-19(29)8-6-18/h5-11,17,21,32H,4,12-16H2,1-3H3. The molecule has 2 heterocycles. The number of fused-ring (bicyclic) bond motifs is 1. The highest BCUT2D eigenvalue weighted by molar-refractivity contribution is 6.01. The van der Waals surface area contributed by atoms with Crippen LogP contribution in [0.5, 0.6) is 11.6 Å². The summed E-state index contributed by atoms with van der Waals surface area (Å²) in [5, 5.41) is 11.9. The molecule has 0 atom stereocenters. The van der Waals surface area contributed by atoms with Crippen LogP contribution in [0.15, 0.2) is 42.5 Å². The lowest BCUT2D eigenvalue weighted by molar-refractivity contribution is -0.155. The number of hydrogen-bond donors (Lipinski definition) is 1. The molecular weight excluding hydrogens is 447 g/mol. The summed E-state index contributed by atoms with van der Waals surface area (Å²) >= 11 is 0. The van der Waals surface area contributed by atoms with Crippen molar-refractivity contribution in [3.05, 3.63) is 54.0 Å². The summed E-state index contributed by atoms with van der Waals surface area (Å²) in [6, 6.07) is 11.7. The number of hydrogen-bond acceptors (Lipinski definition) is 6. The number of nitrogens with zero attached hydrogens (tertiary/aromatic N) is 2. The normalized spacial score (nSPS) is 17.4. The lowest BCUT2D eigenvalue weighted by Gasteiger charge is -2.58. The minimum absolute atomic E-state index is 0.0366. The molecule has 2 fully saturated rings. The van der Waals surface area contributed by atoms with Crippen molar-refractivity contribution in [2.24, 2.45) is 5.41 Å². The summed E-state index contributed by atoms with van der Waals surface area (Å²) in [6.07, 6.45) is 1.85. The van der Waals surface area contributed by atoms with E-state index in [1.165, 1.54) is 12.1 Å². The molecule has 1 aliphatic carbocycles. The average Bonchev–Trinajstić information content (AvgIpc) is 2.76. The van der Waals surface area contributed by atoms with Crippen LogP contribution in [0.2, 0.25) is 0 Å². The average molecular weight is 479 g/mol. The highest BCUT2D eigenvalue weighted by atomic mass is 19.1. The number of likely N-dealkylation sites (tertiary alicyclic amines) is 1. The van der Waals surface area contributed by atoms with E-state index in [2.05, 4.69) is 18.7 Å². The van der Waals surface area contributed by atoms with Gasteiger partial charge in [-0.3, -0.25) is 9.69 Å². The van der Waals surface area contributed by atoms with E-state index in [1.54, 1.807) is 24.3 Å². The Bertz CT molecular complexity index is 1240. The fourth-order valence-electron chi connectivity index (χ4n) is 5.53. The summed E-state index contributed by atoms with van der Waals surface area (Å²) < 4.78 is 25.1. The lowest BCUT2D eigenvalue weighted by atomic mass is 9.62. The lowest BCUT2D eigenvalue weighted by Crippen LogP contribution is -2.65. The number of aromatic hydroxyl groups is 1. The molecule has 184 valence electrons. The number of ether oxygens (including phenoxy) is 2. The number of rotatable bonds is 7. The van der Waals surface area contributed by atoms with Crippen LogP contribution in [0.1, 0.15) is 45.2 Å². The molecule has 0 amide bonds. The Labute approximate surface area is 204 Å². The zero-order chi connectivity index (χ0) is 24.7. The molecule has 1 aromatic heterocycles. The highest BCUT2D eigenvalue weighted by Crippen LogP contribution is 2.50. The maximum Gasteiger partial charge on any atom is 0.320 e. The number of aromatic nitrogens is 1. The molecule has 2 aromatic carbocycles. The number of pyridine rings is 1. The Kier molecular flexibility index (Phi) is 6.13. The van der Waals surface area contributed by atoms with E-state index in [-0.39, 0.29) is 35.0 Å². The quantitative estimate of drug-likeness (QED) is 0.466. The number of carbonyl (C=O) groups excluding carboxylic acids is 1. The van der Waals surface area contributed by atoms with Crippen LogP contribution in [0, 0.1) is 11.2 Å². The first-order chi connectivity index (χ1) is 16.8. The van der Waals surface area contributed by atoms with Gasteiger partial charge < -0.3 is 14.6 Å². The van der Waals surface area contributed by atoms with E-state index in [0.29, 0.717) is 19.0 Å². The van der Waals surface area contributed by atoms with Gasteiger partial charge in [0.2, 0.25) is 5.88 Å². The molecule has 0 bridgehead atoms. The van der Waals surface area contributed by atoms with Crippen molar-refractivity contribution >= 4 is 16.7 Å². The van der Waals surface area contributed by atoms with Gasteiger partial charge in [-0.2, -0.15) is 0 Å². The first kappa shape index (κ1) is 23.5. The maximum atomic E-state index is 13.6. The maximum absolute atomic E-state index is 13.6. The Balaban J connectivity index is 1.39. The Hall–Kier alpha value is -3.19. The second-order valence-electron chi connectivity index (χ2n) is 10.2. The van der Waals surface area contributed by atoms with Gasteiger partial charge in [-0.15, -0.1) is 0 Å². The van der Waals surface area contributed by atoms with E-state index in [1.807, 2.05) is 13.0 Å². The van der Waals surface area contributed by atoms with E-state index in [4.69, 9.17) is 14.5 Å². The Morgan fingerprint density at radius 2 is 1.89 bits per heavy atom. The molecule has 1 saturated heterocycles. The van der Waals surface area contributed by atoms with Crippen molar-refractivity contribution in [2.45, 2.75) is 45.6 Å². The molecule has 1 saturated carbocycles. The summed E-state index contributed by atoms with van der Waals surface area (Å²) in [6.45, 7) is 8.48. The Morgan fingerprint density at radius 1 is 1.17 bits per heavy atom. The third-order valence-electron chi connectivity index (χ3n) is 7.04. The van der Waals surface area contributed by atoms with Crippen molar-refractivity contribution in [3.63, 3.8) is 0 Å². The minimum Gasteiger partial charge on any atom is -0.508 e. The number of benzene rings is 2. The molecule has 6 nitrogen and oxygen atoms in total. The largest absolute Gasteiger partial charge is 0.508 e. The van der Waals surface area contributed by atoms with E-state index < -0.39 is 0 Å². The van der Waals surface area contributed by atoms with E-state index in [0.717, 1.165) is 53.5 Å². The van der Waals surface area contributed by atoms with Crippen molar-refractivity contribution in [1.29, 1.82) is 0 Å². The van der Waals surface area contributed by atoms with Gasteiger partial charge in [0.1, 0.15) is 17.7 Å². The predicted molar refractivity (Wildman–Crippen MR) is 132 cm³/mol. The van der Waals surface area contributed by atoms with E-state index in [9.17, 15) is 14.3 Å². The molecule has 35 heavy (non-hydrogen) atoms. The molecule has 2 aliphatic rings. The van der Waals surface area contributed by atoms with E-state index >= 15 is 0 Å². The molecule has 0 radical (unpaired) electrons. The molecule has 1 aliphatic heterocycles. The topological polar surface area (TPSA) is 71.9 Å². The van der Waals surface area contributed by atoms with Gasteiger partial charge in [-0.05, 0) is 67.0 Å². The second kappa shape index (κ2) is 9.11. The zero-order valence-electron chi connectivity index (χ0n) is 20.4. The third-order valence-corrected chi connectivity index (χ3v) is 7.04. The second-order valence-corrected chi connectivity index (χ2v) is 10.2. The first-order valence-electron chi connectivity index (χ1n) is 12.2. The van der Waals surface area contributed by atoms with Crippen LogP contribution in [-0.4, -0.2) is 53.3 Å². The molecule has 1 N–H and O–H groups in total. The van der Waals surface area contributed by atoms with Crippen molar-refractivity contribution in [1.82, 2.24) is 9.88 Å². The summed E-state index contributed by atoms with van der Waals surface area (Å²) in [5.74, 6) is 0.322. The van der Waals surface area contributed by atoms with Gasteiger partial charge in [-0.1, -0.05) is 26.0 Å². The smallest absolute Gasteiger partial charge is 0.320 e. The fourth-order valence-corrected chi connectivity index (χ4v) is 5.53. The summed E-state index contributed by atoms with van der Waals surface area (Å²) in [4.78, 5) is 18.8. The van der Waals surface area contributed by atoms with Crippen LogP contribution in [0.25, 0.3) is 21.9 Å². The van der Waals surface area contributed by atoms with Crippen molar-refractivity contribution in [3.8, 4) is 22.8 Å². The van der Waals surface area contributed by atoms with Gasteiger partial charge >= 0.3 is 5.97 Å². The molecule has 1 spiro atoms. The fraction of sp³-hybridized carbons (Fsp3) is 0.429. The number of esters is 1. The van der Waals surface area contributed by atoms with Gasteiger partial charge in [0.25, 0.3) is 0 Å². The van der Waals surface area contributed by atoms with Crippen molar-refractivity contribution < 1.29 is 23.8 Å². The summed E-state index contributed by atoms with van der Waals surface area (Å²) in [5.41, 5.74) is 2.89. The SMILES string of the molecule is CCOC(=O)CN1CC2(CC(Oc3nc(C(C)C)c(-c4ccc(F)cc4)c4ccc(O)cc34)C2)C1. The number of phenols is 1. The van der Waals surface area contributed by atoms with Gasteiger partial charge in [0, 0.05) is 29.5 Å². The van der Waals surface area contributed by atoms with Crippen LogP contribution >= 0.6 is 0 Å². The predicted octanol–water partition coefficient (Wildman–Crippen LogP) is 5.28. The van der Waals surface area contributed by atoms with Crippen LogP contribution in [0.4, 0.5) is 4.39 Å². The number of phenolic OH excluding ortho intramolecular Hbond substituents is 1. The molecule has 3 aromatic rings. The Morgan fingerprint density at radius 3 is 2.54 bits per heavy atom. The van der Waals surface area contributed by atoms with Crippen LogP contribution < -0.4 is 4.74 Å². The molecule has 7 heteroatoms. The first-order valence-corrected chi connectivity index (χ1v) is 12.2. The number of halogens is 1. The monoisotopic (exact) mass is 478 g/mol. The third kappa shape index (κ3) is 4.57.